The van der Waals surface area contributed by atoms with Gasteiger partial charge in [-0.1, -0.05) is 12.1 Å². The summed E-state index contributed by atoms with van der Waals surface area (Å²) >= 11 is 0. The Morgan fingerprint density at radius 1 is 1.03 bits per heavy atom. The number of rotatable bonds is 5. The molecule has 3 saturated heterocycles. The van der Waals surface area contributed by atoms with Crippen LogP contribution in [0.25, 0.3) is 11.3 Å². The summed E-state index contributed by atoms with van der Waals surface area (Å²) in [6.45, 7) is 7.06. The topological polar surface area (TPSA) is 81.8 Å². The zero-order valence-electron chi connectivity index (χ0n) is 17.8. The first kappa shape index (κ1) is 20.2. The molecule has 1 spiro atoms. The summed E-state index contributed by atoms with van der Waals surface area (Å²) in [5.74, 6) is 0.234. The molecule has 1 atom stereocenters. The molecule has 2 amide bonds. The summed E-state index contributed by atoms with van der Waals surface area (Å²) in [6, 6.07) is 9.47. The van der Waals surface area contributed by atoms with Crippen LogP contribution in [0.2, 0.25) is 0 Å². The molecule has 31 heavy (non-hydrogen) atoms. The van der Waals surface area contributed by atoms with Gasteiger partial charge in [-0.05, 0) is 36.6 Å². The van der Waals surface area contributed by atoms with Crippen LogP contribution in [0.5, 0.6) is 0 Å². The van der Waals surface area contributed by atoms with Crippen molar-refractivity contribution in [2.45, 2.75) is 12.8 Å². The van der Waals surface area contributed by atoms with Crippen molar-refractivity contribution in [3.63, 3.8) is 0 Å². The molecular formula is C23H29N5O3. The van der Waals surface area contributed by atoms with Crippen molar-refractivity contribution in [2.75, 3.05) is 59.0 Å². The summed E-state index contributed by atoms with van der Waals surface area (Å²) in [5.41, 5.74) is 2.19. The van der Waals surface area contributed by atoms with E-state index in [0.717, 1.165) is 70.0 Å². The molecule has 5 rings (SSSR count). The van der Waals surface area contributed by atoms with Crippen molar-refractivity contribution in [1.29, 1.82) is 0 Å². The van der Waals surface area contributed by atoms with Crippen molar-refractivity contribution < 1.29 is 14.3 Å². The number of ether oxygens (including phenoxy) is 1. The summed E-state index contributed by atoms with van der Waals surface area (Å²) in [4.78, 5) is 32.5. The van der Waals surface area contributed by atoms with E-state index >= 15 is 0 Å². The van der Waals surface area contributed by atoms with Crippen LogP contribution in [0.15, 0.2) is 36.5 Å². The number of morpholine rings is 1. The van der Waals surface area contributed by atoms with Gasteiger partial charge in [0.15, 0.2) is 0 Å². The molecule has 1 unspecified atom stereocenters. The molecule has 1 N–H and O–H groups in total. The Morgan fingerprint density at radius 2 is 1.81 bits per heavy atom. The number of nitrogens with zero attached hydrogens (tertiary/aromatic N) is 4. The van der Waals surface area contributed by atoms with Gasteiger partial charge in [-0.15, -0.1) is 0 Å². The molecule has 0 radical (unpaired) electrons. The Morgan fingerprint density at radius 3 is 2.55 bits per heavy atom. The Balaban J connectivity index is 1.19. The SMILES string of the molecule is O=C(c1ccc(-c2ccn[nH]2)cc1)N1CCC2(CCN(CCN3CCOCC3)C2=O)C1. The number of carbonyl (C=O) groups excluding carboxylic acids is 2. The normalized spacial score (nSPS) is 24.5. The lowest BCUT2D eigenvalue weighted by Gasteiger charge is -2.29. The lowest BCUT2D eigenvalue weighted by molar-refractivity contribution is -0.135. The van der Waals surface area contributed by atoms with E-state index in [1.807, 2.05) is 40.1 Å². The van der Waals surface area contributed by atoms with E-state index in [4.69, 9.17) is 4.74 Å². The largest absolute Gasteiger partial charge is 0.379 e. The number of hydrogen-bond donors (Lipinski definition) is 1. The zero-order chi connectivity index (χ0) is 21.3. The first-order chi connectivity index (χ1) is 15.1. The fraction of sp³-hybridized carbons (Fsp3) is 0.522. The summed E-state index contributed by atoms with van der Waals surface area (Å²) in [6.07, 6.45) is 3.32. The van der Waals surface area contributed by atoms with E-state index in [2.05, 4.69) is 15.1 Å². The number of aromatic nitrogens is 2. The molecule has 0 aliphatic carbocycles. The lowest BCUT2D eigenvalue weighted by Crippen LogP contribution is -2.43. The molecule has 4 heterocycles. The number of nitrogens with one attached hydrogen (secondary N) is 1. The third kappa shape index (κ3) is 3.97. The second-order valence-corrected chi connectivity index (χ2v) is 8.80. The van der Waals surface area contributed by atoms with Crippen LogP contribution in [0.4, 0.5) is 0 Å². The zero-order valence-corrected chi connectivity index (χ0v) is 17.8. The van der Waals surface area contributed by atoms with E-state index in [0.29, 0.717) is 18.7 Å². The summed E-state index contributed by atoms with van der Waals surface area (Å²) in [5, 5.41) is 6.90. The van der Waals surface area contributed by atoms with Crippen molar-refractivity contribution in [3.05, 3.63) is 42.1 Å². The van der Waals surface area contributed by atoms with Crippen LogP contribution < -0.4 is 0 Å². The van der Waals surface area contributed by atoms with E-state index < -0.39 is 5.41 Å². The summed E-state index contributed by atoms with van der Waals surface area (Å²) < 4.78 is 5.40. The first-order valence-corrected chi connectivity index (χ1v) is 11.1. The lowest BCUT2D eigenvalue weighted by atomic mass is 9.85. The number of hydrogen-bond acceptors (Lipinski definition) is 5. The number of likely N-dealkylation sites (tertiary alicyclic amines) is 2. The molecule has 3 fully saturated rings. The van der Waals surface area contributed by atoms with Crippen LogP contribution >= 0.6 is 0 Å². The fourth-order valence-electron chi connectivity index (χ4n) is 5.01. The second kappa shape index (κ2) is 8.43. The smallest absolute Gasteiger partial charge is 0.253 e. The Labute approximate surface area is 182 Å². The second-order valence-electron chi connectivity index (χ2n) is 8.80. The van der Waals surface area contributed by atoms with Gasteiger partial charge in [-0.3, -0.25) is 19.6 Å². The molecular weight excluding hydrogens is 394 g/mol. The van der Waals surface area contributed by atoms with E-state index in [9.17, 15) is 9.59 Å². The Hall–Kier alpha value is -2.71. The third-order valence-corrected chi connectivity index (χ3v) is 6.98. The van der Waals surface area contributed by atoms with Gasteiger partial charge < -0.3 is 14.5 Å². The number of carbonyl (C=O) groups is 2. The molecule has 0 saturated carbocycles. The van der Waals surface area contributed by atoms with Crippen molar-refractivity contribution >= 4 is 11.8 Å². The average Bonchev–Trinajstić information content (AvgIpc) is 3.56. The highest BCUT2D eigenvalue weighted by atomic mass is 16.5. The predicted molar refractivity (Wildman–Crippen MR) is 115 cm³/mol. The number of amides is 2. The molecule has 8 heteroatoms. The Kier molecular flexibility index (Phi) is 5.50. The standard InChI is InChI=1S/C23H29N5O3/c29-21(19-3-1-18(2-4-19)20-5-8-24-25-20)28-10-7-23(17-28)6-9-27(22(23)30)12-11-26-13-15-31-16-14-26/h1-5,8H,6-7,9-17H2,(H,24,25). The van der Waals surface area contributed by atoms with Crippen molar-refractivity contribution in [3.8, 4) is 11.3 Å². The van der Waals surface area contributed by atoms with Gasteiger partial charge in [-0.25, -0.2) is 0 Å². The Bertz CT molecular complexity index is 923. The van der Waals surface area contributed by atoms with Gasteiger partial charge >= 0.3 is 0 Å². The maximum Gasteiger partial charge on any atom is 0.253 e. The van der Waals surface area contributed by atoms with Crippen LogP contribution in [-0.4, -0.2) is 95.7 Å². The third-order valence-electron chi connectivity index (χ3n) is 6.98. The van der Waals surface area contributed by atoms with E-state index in [-0.39, 0.29) is 11.8 Å². The maximum absolute atomic E-state index is 13.2. The molecule has 1 aromatic carbocycles. The molecule has 164 valence electrons. The summed E-state index contributed by atoms with van der Waals surface area (Å²) in [7, 11) is 0. The average molecular weight is 424 g/mol. The molecule has 3 aliphatic heterocycles. The highest BCUT2D eigenvalue weighted by Crippen LogP contribution is 2.41. The van der Waals surface area contributed by atoms with Crippen LogP contribution in [-0.2, 0) is 9.53 Å². The minimum atomic E-state index is -0.392. The van der Waals surface area contributed by atoms with Crippen LogP contribution in [0.3, 0.4) is 0 Å². The van der Waals surface area contributed by atoms with E-state index in [1.54, 1.807) is 6.20 Å². The predicted octanol–water partition coefficient (Wildman–Crippen LogP) is 1.47. The molecule has 0 bridgehead atoms. The first-order valence-electron chi connectivity index (χ1n) is 11.1. The number of aromatic amines is 1. The van der Waals surface area contributed by atoms with Gasteiger partial charge in [-0.2, -0.15) is 5.10 Å². The minimum Gasteiger partial charge on any atom is -0.379 e. The number of H-pyrrole nitrogens is 1. The van der Waals surface area contributed by atoms with Gasteiger partial charge in [0.25, 0.3) is 5.91 Å². The van der Waals surface area contributed by atoms with Crippen molar-refractivity contribution in [1.82, 2.24) is 24.9 Å². The molecule has 2 aromatic rings. The van der Waals surface area contributed by atoms with Gasteiger partial charge in [0.05, 0.1) is 24.3 Å². The van der Waals surface area contributed by atoms with Crippen LogP contribution in [0.1, 0.15) is 23.2 Å². The van der Waals surface area contributed by atoms with Gasteiger partial charge in [0, 0.05) is 57.6 Å². The highest BCUT2D eigenvalue weighted by molar-refractivity contribution is 5.96. The quantitative estimate of drug-likeness (QED) is 0.788. The maximum atomic E-state index is 13.2. The fourth-order valence-corrected chi connectivity index (χ4v) is 5.01. The van der Waals surface area contributed by atoms with Crippen molar-refractivity contribution in [2.24, 2.45) is 5.41 Å². The van der Waals surface area contributed by atoms with Gasteiger partial charge in [0.2, 0.25) is 5.91 Å². The molecule has 1 aromatic heterocycles. The monoisotopic (exact) mass is 423 g/mol. The van der Waals surface area contributed by atoms with Gasteiger partial charge in [0.1, 0.15) is 0 Å². The molecule has 8 nitrogen and oxygen atoms in total. The minimum absolute atomic E-state index is 0.00704. The number of benzene rings is 1. The van der Waals surface area contributed by atoms with E-state index in [1.165, 1.54) is 0 Å². The van der Waals surface area contributed by atoms with Crippen LogP contribution in [0, 0.1) is 5.41 Å². The highest BCUT2D eigenvalue weighted by Gasteiger charge is 2.51. The molecule has 3 aliphatic rings.